The largest absolute Gasteiger partial charge is 0.325 e. The number of carbonyl (C=O) groups is 1. The van der Waals surface area contributed by atoms with Gasteiger partial charge in [0.15, 0.2) is 5.16 Å². The van der Waals surface area contributed by atoms with Gasteiger partial charge in [0.1, 0.15) is 5.84 Å². The van der Waals surface area contributed by atoms with Crippen LogP contribution in [0.3, 0.4) is 0 Å². The molecule has 0 spiro atoms. The molecule has 3 aromatic rings. The van der Waals surface area contributed by atoms with E-state index in [0.29, 0.717) is 24.5 Å². The van der Waals surface area contributed by atoms with Gasteiger partial charge in [0.05, 0.1) is 22.4 Å². The average Bonchev–Trinajstić information content (AvgIpc) is 3.00. The lowest BCUT2D eigenvalue weighted by Crippen LogP contribution is -2.30. The first-order valence-corrected chi connectivity index (χ1v) is 12.5. The number of hydrogen-bond donors (Lipinski definition) is 2. The van der Waals surface area contributed by atoms with E-state index < -0.39 is 10.0 Å². The second-order valence-corrected chi connectivity index (χ2v) is 9.77. The molecule has 1 aliphatic rings. The number of aromatic nitrogens is 2. The zero-order valence-electron chi connectivity index (χ0n) is 16.8. The molecule has 8 nitrogen and oxygen atoms in total. The molecular weight excluding hydrogens is 434 g/mol. The summed E-state index contributed by atoms with van der Waals surface area (Å²) in [5.41, 5.74) is 1.37. The zero-order chi connectivity index (χ0) is 21.7. The Morgan fingerprint density at radius 3 is 2.94 bits per heavy atom. The predicted octanol–water partition coefficient (Wildman–Crippen LogP) is 3.32. The van der Waals surface area contributed by atoms with Crippen LogP contribution in [0, 0.1) is 0 Å². The number of thioether (sulfide) groups is 1. The lowest BCUT2D eigenvalue weighted by molar-refractivity contribution is -0.113. The number of imidazole rings is 1. The molecule has 162 valence electrons. The molecule has 1 aromatic carbocycles. The standard InChI is InChI=1S/C21H23N5O3S2/c27-20(15-30-21-23-14-17-8-3-5-12-26(17)21)24-16-7-6-9-18(13-16)31(28,29)25-19-10-2-1-4-11-22-19/h3,5-9,12-14H,1-2,4,10-11,15H2,(H,22,25)(H,24,27). The summed E-state index contributed by atoms with van der Waals surface area (Å²) in [6, 6.07) is 12.0. The van der Waals surface area contributed by atoms with Crippen molar-refractivity contribution in [3.8, 4) is 0 Å². The van der Waals surface area contributed by atoms with Crippen molar-refractivity contribution in [3.05, 3.63) is 54.9 Å². The summed E-state index contributed by atoms with van der Waals surface area (Å²) in [7, 11) is -3.76. The number of carbonyl (C=O) groups excluding carboxylic acids is 1. The van der Waals surface area contributed by atoms with Gasteiger partial charge in [-0.1, -0.05) is 30.3 Å². The molecule has 2 aromatic heterocycles. The van der Waals surface area contributed by atoms with Gasteiger partial charge in [-0.3, -0.25) is 18.9 Å². The molecule has 4 rings (SSSR count). The molecule has 3 heterocycles. The summed E-state index contributed by atoms with van der Waals surface area (Å²) in [5.74, 6) is 0.406. The van der Waals surface area contributed by atoms with E-state index in [1.165, 1.54) is 23.9 Å². The Labute approximate surface area is 185 Å². The number of nitrogens with zero attached hydrogens (tertiary/aromatic N) is 3. The van der Waals surface area contributed by atoms with Gasteiger partial charge in [-0.2, -0.15) is 0 Å². The highest BCUT2D eigenvalue weighted by Crippen LogP contribution is 2.20. The molecule has 10 heteroatoms. The molecular formula is C21H23N5O3S2. The molecule has 0 bridgehead atoms. The van der Waals surface area contributed by atoms with Crippen molar-refractivity contribution in [2.45, 2.75) is 35.7 Å². The first-order chi connectivity index (χ1) is 15.0. The van der Waals surface area contributed by atoms with E-state index in [9.17, 15) is 13.2 Å². The summed E-state index contributed by atoms with van der Waals surface area (Å²) in [6.07, 6.45) is 7.20. The summed E-state index contributed by atoms with van der Waals surface area (Å²) >= 11 is 1.31. The van der Waals surface area contributed by atoms with Gasteiger partial charge < -0.3 is 5.32 Å². The highest BCUT2D eigenvalue weighted by atomic mass is 32.2. The molecule has 31 heavy (non-hydrogen) atoms. The fourth-order valence-electron chi connectivity index (χ4n) is 3.27. The van der Waals surface area contributed by atoms with Gasteiger partial charge in [0, 0.05) is 24.8 Å². The van der Waals surface area contributed by atoms with Crippen LogP contribution in [-0.4, -0.2) is 41.8 Å². The second-order valence-electron chi connectivity index (χ2n) is 7.15. The third-order valence-corrected chi connectivity index (χ3v) is 7.14. The first kappa shape index (κ1) is 21.4. The van der Waals surface area contributed by atoms with Gasteiger partial charge in [-0.05, 0) is 43.2 Å². The molecule has 1 amide bonds. The number of pyridine rings is 1. The number of sulfonamides is 1. The molecule has 0 atom stereocenters. The Morgan fingerprint density at radius 1 is 1.13 bits per heavy atom. The van der Waals surface area contributed by atoms with Crippen molar-refractivity contribution in [2.75, 3.05) is 17.6 Å². The van der Waals surface area contributed by atoms with Crippen LogP contribution in [0.15, 0.2) is 69.9 Å². The summed E-state index contributed by atoms with van der Waals surface area (Å²) < 4.78 is 30.0. The summed E-state index contributed by atoms with van der Waals surface area (Å²) in [4.78, 5) is 21.1. The molecule has 0 radical (unpaired) electrons. The Bertz CT molecular complexity index is 1220. The minimum atomic E-state index is -3.76. The summed E-state index contributed by atoms with van der Waals surface area (Å²) in [5, 5.41) is 3.48. The van der Waals surface area contributed by atoms with Gasteiger partial charge in [-0.25, -0.2) is 13.4 Å². The number of fused-ring (bicyclic) bond motifs is 1. The van der Waals surface area contributed by atoms with Gasteiger partial charge >= 0.3 is 0 Å². The van der Waals surface area contributed by atoms with E-state index in [2.05, 4.69) is 20.0 Å². The molecule has 1 aliphatic heterocycles. The summed E-state index contributed by atoms with van der Waals surface area (Å²) in [6.45, 7) is 0.636. The van der Waals surface area contributed by atoms with Gasteiger partial charge in [0.2, 0.25) is 5.91 Å². The topological polar surface area (TPSA) is 105 Å². The highest BCUT2D eigenvalue weighted by molar-refractivity contribution is 7.99. The smallest absolute Gasteiger partial charge is 0.262 e. The lowest BCUT2D eigenvalue weighted by atomic mass is 10.2. The SMILES string of the molecule is O=C(CSc1ncc2ccccn12)Nc1cccc(S(=O)(=O)NC2=NCCCCC2)c1. The Hall–Kier alpha value is -2.85. The van der Waals surface area contributed by atoms with Crippen molar-refractivity contribution in [2.24, 2.45) is 4.99 Å². The first-order valence-electron chi connectivity index (χ1n) is 10.0. The molecule has 0 saturated heterocycles. The quantitative estimate of drug-likeness (QED) is 0.553. The third kappa shape index (κ3) is 5.45. The van der Waals surface area contributed by atoms with Crippen LogP contribution >= 0.6 is 11.8 Å². The Balaban J connectivity index is 1.39. The number of aliphatic imine (C=N–C) groups is 1. The normalized spacial score (nSPS) is 14.6. The molecule has 0 saturated carbocycles. The van der Waals surface area contributed by atoms with Gasteiger partial charge in [-0.15, -0.1) is 0 Å². The van der Waals surface area contributed by atoms with Crippen LogP contribution in [0.5, 0.6) is 0 Å². The second kappa shape index (κ2) is 9.52. The van der Waals surface area contributed by atoms with Crippen LogP contribution in [-0.2, 0) is 14.8 Å². The lowest BCUT2D eigenvalue weighted by Gasteiger charge is -2.11. The van der Waals surface area contributed by atoms with Crippen LogP contribution < -0.4 is 10.0 Å². The third-order valence-electron chi connectivity index (χ3n) is 4.79. The number of rotatable bonds is 6. The number of nitrogens with one attached hydrogen (secondary N) is 2. The zero-order valence-corrected chi connectivity index (χ0v) is 18.5. The number of hydrogen-bond acceptors (Lipinski definition) is 6. The molecule has 0 unspecified atom stereocenters. The van der Waals surface area contributed by atoms with Crippen LogP contribution in [0.25, 0.3) is 5.52 Å². The highest BCUT2D eigenvalue weighted by Gasteiger charge is 2.18. The van der Waals surface area contributed by atoms with E-state index in [4.69, 9.17) is 0 Å². The van der Waals surface area contributed by atoms with Crippen molar-refractivity contribution >= 4 is 44.7 Å². The minimum absolute atomic E-state index is 0.0872. The van der Waals surface area contributed by atoms with E-state index in [1.807, 2.05) is 28.8 Å². The van der Waals surface area contributed by atoms with E-state index in [0.717, 1.165) is 29.9 Å². The fraction of sp³-hybridized carbons (Fsp3) is 0.286. The maximum absolute atomic E-state index is 12.7. The fourth-order valence-corrected chi connectivity index (χ4v) is 5.17. The van der Waals surface area contributed by atoms with Crippen molar-refractivity contribution in [1.82, 2.24) is 14.1 Å². The van der Waals surface area contributed by atoms with E-state index in [-0.39, 0.29) is 16.6 Å². The maximum Gasteiger partial charge on any atom is 0.262 e. The number of amidine groups is 1. The Kier molecular flexibility index (Phi) is 6.57. The van der Waals surface area contributed by atoms with Crippen LogP contribution in [0.1, 0.15) is 25.7 Å². The van der Waals surface area contributed by atoms with Gasteiger partial charge in [0.25, 0.3) is 10.0 Å². The molecule has 2 N–H and O–H groups in total. The van der Waals surface area contributed by atoms with Crippen molar-refractivity contribution in [1.29, 1.82) is 0 Å². The van der Waals surface area contributed by atoms with Crippen LogP contribution in [0.4, 0.5) is 5.69 Å². The van der Waals surface area contributed by atoms with Crippen molar-refractivity contribution in [3.63, 3.8) is 0 Å². The average molecular weight is 458 g/mol. The van der Waals surface area contributed by atoms with Crippen molar-refractivity contribution < 1.29 is 13.2 Å². The van der Waals surface area contributed by atoms with Crippen LogP contribution in [0.2, 0.25) is 0 Å². The number of anilines is 1. The monoisotopic (exact) mass is 457 g/mol. The maximum atomic E-state index is 12.7. The van der Waals surface area contributed by atoms with E-state index in [1.54, 1.807) is 18.3 Å². The molecule has 0 aliphatic carbocycles. The minimum Gasteiger partial charge on any atom is -0.325 e. The number of benzene rings is 1. The molecule has 0 fully saturated rings. The number of amides is 1. The Morgan fingerprint density at radius 2 is 2.03 bits per heavy atom. The van der Waals surface area contributed by atoms with E-state index >= 15 is 0 Å². The predicted molar refractivity (Wildman–Crippen MR) is 122 cm³/mol.